The van der Waals surface area contributed by atoms with Crippen molar-refractivity contribution in [1.82, 2.24) is 0 Å². The van der Waals surface area contributed by atoms with Crippen LogP contribution in [0.5, 0.6) is 0 Å². The molecule has 0 atom stereocenters. The summed E-state index contributed by atoms with van der Waals surface area (Å²) in [5.41, 5.74) is 3.63. The predicted octanol–water partition coefficient (Wildman–Crippen LogP) is 7.52. The van der Waals surface area contributed by atoms with E-state index in [2.05, 4.69) is 47.4 Å². The molecule has 0 spiro atoms. The van der Waals surface area contributed by atoms with Crippen LogP contribution in [0.1, 0.15) is 5.56 Å². The van der Waals surface area contributed by atoms with Crippen molar-refractivity contribution in [1.29, 1.82) is 5.26 Å². The second kappa shape index (κ2) is 8.62. The van der Waals surface area contributed by atoms with Gasteiger partial charge in [0.05, 0.1) is 0 Å². The van der Waals surface area contributed by atoms with E-state index in [9.17, 15) is 4.79 Å². The summed E-state index contributed by atoms with van der Waals surface area (Å²) in [7, 11) is 0. The molecule has 0 aliphatic heterocycles. The van der Waals surface area contributed by atoms with Crippen LogP contribution < -0.4 is 4.90 Å². The number of carbonyl (C=O) groups is 1. The molecule has 0 amide bonds. The maximum absolute atomic E-state index is 11.2. The lowest BCUT2D eigenvalue weighted by Gasteiger charge is -2.25. The van der Waals surface area contributed by atoms with Crippen molar-refractivity contribution >= 4 is 60.6 Å². The molecule has 1 N–H and O–H groups in total. The van der Waals surface area contributed by atoms with Crippen molar-refractivity contribution in [3.63, 3.8) is 0 Å². The van der Waals surface area contributed by atoms with Crippen LogP contribution in [-0.4, -0.2) is 11.1 Å². The second-order valence-corrected chi connectivity index (χ2v) is 8.60. The summed E-state index contributed by atoms with van der Waals surface area (Å²) < 4.78 is 2.18. The molecule has 0 aliphatic rings. The fourth-order valence-electron chi connectivity index (χ4n) is 3.92. The normalized spacial score (nSPS) is 11.4. The van der Waals surface area contributed by atoms with Gasteiger partial charge in [0.25, 0.3) is 0 Å². The minimum Gasteiger partial charge on any atom is -0.477 e. The number of nitrogens with zero attached hydrogens (tertiary/aromatic N) is 2. The quantitative estimate of drug-likeness (QED) is 0.224. The Balaban J connectivity index is 1.63. The number of benzene rings is 4. The zero-order valence-corrected chi connectivity index (χ0v) is 18.3. The Bertz CT molecular complexity index is 1510. The molecule has 1 heterocycles. The third-order valence-electron chi connectivity index (χ3n) is 5.43. The standard InChI is InChI=1S/C28H18N2O2S/c29-18-20(28(31)32)15-19-11-13-24-25-14-12-23(17-27(25)33-26(24)16-19)30(21-7-3-1-4-8-21)22-9-5-2-6-10-22/h1-17H,(H,31,32)/b20-15+. The maximum atomic E-state index is 11.2. The Hall–Kier alpha value is -4.40. The van der Waals surface area contributed by atoms with E-state index < -0.39 is 5.97 Å². The fourth-order valence-corrected chi connectivity index (χ4v) is 5.11. The van der Waals surface area contributed by atoms with E-state index in [1.807, 2.05) is 54.6 Å². The van der Waals surface area contributed by atoms with Crippen molar-refractivity contribution in [2.75, 3.05) is 4.90 Å². The Morgan fingerprint density at radius 1 is 0.788 bits per heavy atom. The molecule has 5 heteroatoms. The van der Waals surface area contributed by atoms with Crippen LogP contribution in [0.2, 0.25) is 0 Å². The minimum atomic E-state index is -1.22. The highest BCUT2D eigenvalue weighted by Crippen LogP contribution is 2.40. The number of para-hydroxylation sites is 2. The smallest absolute Gasteiger partial charge is 0.346 e. The van der Waals surface area contributed by atoms with E-state index >= 15 is 0 Å². The highest BCUT2D eigenvalue weighted by atomic mass is 32.1. The molecule has 0 radical (unpaired) electrons. The van der Waals surface area contributed by atoms with E-state index in [1.54, 1.807) is 17.4 Å². The number of hydrogen-bond donors (Lipinski definition) is 1. The van der Waals surface area contributed by atoms with Crippen LogP contribution in [0.15, 0.2) is 103 Å². The van der Waals surface area contributed by atoms with Gasteiger partial charge >= 0.3 is 5.97 Å². The van der Waals surface area contributed by atoms with Crippen LogP contribution in [-0.2, 0) is 4.79 Å². The molecule has 33 heavy (non-hydrogen) atoms. The lowest BCUT2D eigenvalue weighted by Crippen LogP contribution is -2.09. The first-order valence-corrected chi connectivity index (χ1v) is 11.2. The summed E-state index contributed by atoms with van der Waals surface area (Å²) in [5.74, 6) is -1.22. The van der Waals surface area contributed by atoms with Crippen LogP contribution in [0.25, 0.3) is 26.2 Å². The third kappa shape index (κ3) is 3.96. The molecule has 0 saturated carbocycles. The number of carboxylic acid groups (broad SMARTS) is 1. The molecule has 5 aromatic rings. The van der Waals surface area contributed by atoms with Crippen molar-refractivity contribution in [3.8, 4) is 6.07 Å². The fraction of sp³-hybridized carbons (Fsp3) is 0. The average Bonchev–Trinajstić information content (AvgIpc) is 3.21. The largest absolute Gasteiger partial charge is 0.477 e. The lowest BCUT2D eigenvalue weighted by atomic mass is 10.1. The molecule has 0 saturated heterocycles. The van der Waals surface area contributed by atoms with E-state index in [-0.39, 0.29) is 5.57 Å². The molecule has 0 bridgehead atoms. The van der Waals surface area contributed by atoms with Gasteiger partial charge in [-0.05, 0) is 54.1 Å². The molecule has 158 valence electrons. The minimum absolute atomic E-state index is 0.279. The van der Waals surface area contributed by atoms with Crippen molar-refractivity contribution in [2.45, 2.75) is 0 Å². The van der Waals surface area contributed by atoms with Gasteiger partial charge in [-0.1, -0.05) is 54.6 Å². The zero-order valence-electron chi connectivity index (χ0n) is 17.5. The monoisotopic (exact) mass is 446 g/mol. The van der Waals surface area contributed by atoms with Crippen molar-refractivity contribution in [3.05, 3.63) is 108 Å². The van der Waals surface area contributed by atoms with Gasteiger partial charge < -0.3 is 10.0 Å². The summed E-state index contributed by atoms with van der Waals surface area (Å²) >= 11 is 1.65. The zero-order chi connectivity index (χ0) is 22.8. The van der Waals surface area contributed by atoms with Gasteiger partial charge in [0.15, 0.2) is 0 Å². The molecule has 4 aromatic carbocycles. The van der Waals surface area contributed by atoms with Crippen LogP contribution in [0, 0.1) is 11.3 Å². The third-order valence-corrected chi connectivity index (χ3v) is 6.55. The maximum Gasteiger partial charge on any atom is 0.346 e. The first-order chi connectivity index (χ1) is 16.1. The van der Waals surface area contributed by atoms with Gasteiger partial charge in [-0.2, -0.15) is 5.26 Å². The average molecular weight is 447 g/mol. The van der Waals surface area contributed by atoms with E-state index in [0.29, 0.717) is 5.56 Å². The Kier molecular flexibility index (Phi) is 5.35. The van der Waals surface area contributed by atoms with Gasteiger partial charge in [-0.25, -0.2) is 4.79 Å². The summed E-state index contributed by atoms with van der Waals surface area (Å²) in [5, 5.41) is 20.5. The number of rotatable bonds is 5. The highest BCUT2D eigenvalue weighted by Gasteiger charge is 2.14. The van der Waals surface area contributed by atoms with E-state index in [0.717, 1.165) is 37.2 Å². The molecule has 0 aliphatic carbocycles. The van der Waals surface area contributed by atoms with Gasteiger partial charge in [0.1, 0.15) is 11.6 Å². The highest BCUT2D eigenvalue weighted by molar-refractivity contribution is 7.25. The Morgan fingerprint density at radius 2 is 1.36 bits per heavy atom. The number of carboxylic acids is 1. The predicted molar refractivity (Wildman–Crippen MR) is 135 cm³/mol. The van der Waals surface area contributed by atoms with Crippen LogP contribution in [0.3, 0.4) is 0 Å². The molecule has 0 unspecified atom stereocenters. The summed E-state index contributed by atoms with van der Waals surface area (Å²) in [6.07, 6.45) is 1.41. The topological polar surface area (TPSA) is 64.3 Å². The molecule has 4 nitrogen and oxygen atoms in total. The van der Waals surface area contributed by atoms with Crippen molar-refractivity contribution < 1.29 is 9.90 Å². The number of hydrogen-bond acceptors (Lipinski definition) is 4. The van der Waals surface area contributed by atoms with Gasteiger partial charge in [-0.15, -0.1) is 11.3 Å². The summed E-state index contributed by atoms with van der Waals surface area (Å²) in [6.45, 7) is 0. The van der Waals surface area contributed by atoms with E-state index in [1.165, 1.54) is 6.08 Å². The number of thiophene rings is 1. The second-order valence-electron chi connectivity index (χ2n) is 7.52. The summed E-state index contributed by atoms with van der Waals surface area (Å²) in [4.78, 5) is 13.4. The van der Waals surface area contributed by atoms with Gasteiger partial charge in [0, 0.05) is 37.2 Å². The number of aliphatic carboxylic acids is 1. The molecule has 5 rings (SSSR count). The molecular formula is C28H18N2O2S. The van der Waals surface area contributed by atoms with Gasteiger partial charge in [-0.3, -0.25) is 0 Å². The first kappa shape index (κ1) is 20.5. The van der Waals surface area contributed by atoms with Gasteiger partial charge in [0.2, 0.25) is 0 Å². The Morgan fingerprint density at radius 3 is 1.94 bits per heavy atom. The number of fused-ring (bicyclic) bond motifs is 3. The van der Waals surface area contributed by atoms with Crippen LogP contribution in [0.4, 0.5) is 17.1 Å². The molecular weight excluding hydrogens is 428 g/mol. The van der Waals surface area contributed by atoms with E-state index in [4.69, 9.17) is 10.4 Å². The lowest BCUT2D eigenvalue weighted by molar-refractivity contribution is -0.132. The summed E-state index contributed by atoms with van der Waals surface area (Å²) in [6, 6.07) is 34.5. The van der Waals surface area contributed by atoms with Crippen LogP contribution >= 0.6 is 11.3 Å². The number of anilines is 3. The van der Waals surface area contributed by atoms with Crippen molar-refractivity contribution in [2.24, 2.45) is 0 Å². The number of nitriles is 1. The Labute approximate surface area is 194 Å². The molecule has 0 fully saturated rings. The SMILES string of the molecule is N#C/C(=C\c1ccc2c(c1)sc1cc(N(c3ccccc3)c3ccccc3)ccc12)C(=O)O. The molecule has 1 aromatic heterocycles. The first-order valence-electron chi connectivity index (χ1n) is 10.4.